The maximum atomic E-state index is 13.4. The highest BCUT2D eigenvalue weighted by Crippen LogP contribution is 2.09. The van der Waals surface area contributed by atoms with Gasteiger partial charge in [-0.05, 0) is 5.92 Å². The van der Waals surface area contributed by atoms with Crippen molar-refractivity contribution in [3.05, 3.63) is 44.5 Å². The SMILES string of the molecule is CC(C)c1cn2c(F)cc(=O)[nH]c2nc1=O. The van der Waals surface area contributed by atoms with Crippen LogP contribution in [0.2, 0.25) is 0 Å². The molecular weight excluding hydrogens is 213 g/mol. The number of rotatable bonds is 1. The molecule has 2 heterocycles. The summed E-state index contributed by atoms with van der Waals surface area (Å²) in [6.45, 7) is 3.63. The van der Waals surface area contributed by atoms with Crippen LogP contribution in [0.4, 0.5) is 4.39 Å². The molecule has 84 valence electrons. The lowest BCUT2D eigenvalue weighted by molar-refractivity contribution is 0.555. The first-order chi connectivity index (χ1) is 7.49. The normalized spacial score (nSPS) is 11.2. The first-order valence-corrected chi connectivity index (χ1v) is 4.81. The number of H-pyrrole nitrogens is 1. The van der Waals surface area contributed by atoms with Gasteiger partial charge in [0.05, 0.1) is 6.07 Å². The number of aromatic nitrogens is 3. The summed E-state index contributed by atoms with van der Waals surface area (Å²) >= 11 is 0. The summed E-state index contributed by atoms with van der Waals surface area (Å²) in [5, 5.41) is 0. The molecule has 2 aromatic heterocycles. The summed E-state index contributed by atoms with van der Waals surface area (Å²) in [5.74, 6) is -0.879. The minimum absolute atomic E-state index is 0.0526. The van der Waals surface area contributed by atoms with E-state index in [1.807, 2.05) is 13.8 Å². The second kappa shape index (κ2) is 3.55. The van der Waals surface area contributed by atoms with Gasteiger partial charge in [0.25, 0.3) is 11.1 Å². The maximum absolute atomic E-state index is 13.4. The Balaban J connectivity index is 2.90. The molecular formula is C10H10FN3O2. The Morgan fingerprint density at radius 1 is 1.44 bits per heavy atom. The Hall–Kier alpha value is -1.98. The number of hydrogen-bond acceptors (Lipinski definition) is 3. The van der Waals surface area contributed by atoms with E-state index in [1.54, 1.807) is 0 Å². The molecule has 1 N–H and O–H groups in total. The molecule has 0 amide bonds. The fourth-order valence-electron chi connectivity index (χ4n) is 1.44. The summed E-state index contributed by atoms with van der Waals surface area (Å²) in [7, 11) is 0. The van der Waals surface area contributed by atoms with Crippen LogP contribution in [0.25, 0.3) is 5.78 Å². The van der Waals surface area contributed by atoms with Gasteiger partial charge in [-0.1, -0.05) is 13.8 Å². The molecule has 0 atom stereocenters. The first kappa shape index (κ1) is 10.5. The van der Waals surface area contributed by atoms with Crippen molar-refractivity contribution in [3.63, 3.8) is 0 Å². The lowest BCUT2D eigenvalue weighted by Gasteiger charge is -2.06. The third kappa shape index (κ3) is 1.62. The average molecular weight is 223 g/mol. The fraction of sp³-hybridized carbons (Fsp3) is 0.300. The van der Waals surface area contributed by atoms with Crippen molar-refractivity contribution in [1.82, 2.24) is 14.4 Å². The Morgan fingerprint density at radius 3 is 2.75 bits per heavy atom. The van der Waals surface area contributed by atoms with E-state index in [1.165, 1.54) is 6.20 Å². The van der Waals surface area contributed by atoms with Crippen molar-refractivity contribution in [2.24, 2.45) is 0 Å². The molecule has 0 unspecified atom stereocenters. The van der Waals surface area contributed by atoms with Gasteiger partial charge in [0.1, 0.15) is 0 Å². The largest absolute Gasteiger partial charge is 0.292 e. The van der Waals surface area contributed by atoms with Crippen molar-refractivity contribution < 1.29 is 4.39 Å². The van der Waals surface area contributed by atoms with E-state index in [2.05, 4.69) is 9.97 Å². The van der Waals surface area contributed by atoms with E-state index >= 15 is 0 Å². The third-order valence-corrected chi connectivity index (χ3v) is 2.29. The summed E-state index contributed by atoms with van der Waals surface area (Å²) in [6.07, 6.45) is 1.36. The number of nitrogens with one attached hydrogen (secondary N) is 1. The molecule has 0 saturated carbocycles. The minimum atomic E-state index is -0.742. The van der Waals surface area contributed by atoms with Crippen LogP contribution in [-0.2, 0) is 0 Å². The Bertz CT molecular complexity index is 657. The van der Waals surface area contributed by atoms with Crippen molar-refractivity contribution in [2.45, 2.75) is 19.8 Å². The van der Waals surface area contributed by atoms with Crippen LogP contribution in [-0.4, -0.2) is 14.4 Å². The van der Waals surface area contributed by atoms with E-state index in [0.29, 0.717) is 5.56 Å². The number of hydrogen-bond donors (Lipinski definition) is 1. The predicted molar refractivity (Wildman–Crippen MR) is 56.1 cm³/mol. The van der Waals surface area contributed by atoms with E-state index in [0.717, 1.165) is 10.5 Å². The number of fused-ring (bicyclic) bond motifs is 1. The molecule has 5 nitrogen and oxygen atoms in total. The highest BCUT2D eigenvalue weighted by atomic mass is 19.1. The number of aromatic amines is 1. The van der Waals surface area contributed by atoms with Gasteiger partial charge in [-0.3, -0.25) is 19.0 Å². The van der Waals surface area contributed by atoms with Crippen LogP contribution in [0.15, 0.2) is 21.9 Å². The molecule has 0 saturated heterocycles. The van der Waals surface area contributed by atoms with E-state index in [-0.39, 0.29) is 11.7 Å². The molecule has 2 rings (SSSR count). The zero-order valence-corrected chi connectivity index (χ0v) is 8.82. The van der Waals surface area contributed by atoms with Crippen LogP contribution < -0.4 is 11.1 Å². The fourth-order valence-corrected chi connectivity index (χ4v) is 1.44. The molecule has 0 bridgehead atoms. The van der Waals surface area contributed by atoms with E-state index < -0.39 is 17.1 Å². The maximum Gasteiger partial charge on any atom is 0.277 e. The molecule has 2 aromatic rings. The van der Waals surface area contributed by atoms with E-state index in [4.69, 9.17) is 0 Å². The monoisotopic (exact) mass is 223 g/mol. The van der Waals surface area contributed by atoms with Crippen molar-refractivity contribution >= 4 is 5.78 Å². The molecule has 0 aromatic carbocycles. The summed E-state index contributed by atoms with van der Waals surface area (Å²) in [4.78, 5) is 28.4. The standard InChI is InChI=1S/C10H10FN3O2/c1-5(2)6-4-14-7(11)3-8(15)12-10(14)13-9(6)16/h3-5H,1-2H3,(H,12,13,15,16). The van der Waals surface area contributed by atoms with Gasteiger partial charge in [0.15, 0.2) is 0 Å². The minimum Gasteiger partial charge on any atom is -0.292 e. The zero-order chi connectivity index (χ0) is 11.9. The molecule has 16 heavy (non-hydrogen) atoms. The van der Waals surface area contributed by atoms with Gasteiger partial charge >= 0.3 is 0 Å². The Morgan fingerprint density at radius 2 is 2.12 bits per heavy atom. The Labute approximate surface area is 89.6 Å². The van der Waals surface area contributed by atoms with Crippen LogP contribution in [0, 0.1) is 5.95 Å². The topological polar surface area (TPSA) is 67.2 Å². The van der Waals surface area contributed by atoms with Gasteiger partial charge in [-0.25, -0.2) is 0 Å². The van der Waals surface area contributed by atoms with Crippen LogP contribution in [0.3, 0.4) is 0 Å². The van der Waals surface area contributed by atoms with Gasteiger partial charge in [-0.2, -0.15) is 9.37 Å². The van der Waals surface area contributed by atoms with Crippen molar-refractivity contribution in [2.75, 3.05) is 0 Å². The molecule has 0 aliphatic carbocycles. The Kier molecular flexibility index (Phi) is 2.34. The summed E-state index contributed by atoms with van der Waals surface area (Å²) in [5.41, 5.74) is -0.665. The quantitative estimate of drug-likeness (QED) is 0.721. The van der Waals surface area contributed by atoms with Crippen LogP contribution in [0.5, 0.6) is 0 Å². The first-order valence-electron chi connectivity index (χ1n) is 4.81. The smallest absolute Gasteiger partial charge is 0.277 e. The molecule has 0 fully saturated rings. The summed E-state index contributed by atoms with van der Waals surface area (Å²) in [6, 6.07) is 0.809. The molecule has 6 heteroatoms. The van der Waals surface area contributed by atoms with Gasteiger partial charge in [0, 0.05) is 11.8 Å². The second-order valence-corrected chi connectivity index (χ2v) is 3.81. The van der Waals surface area contributed by atoms with Crippen molar-refractivity contribution in [3.8, 4) is 0 Å². The summed E-state index contributed by atoms with van der Waals surface area (Å²) < 4.78 is 14.5. The molecule has 0 spiro atoms. The van der Waals surface area contributed by atoms with Gasteiger partial charge < -0.3 is 0 Å². The highest BCUT2D eigenvalue weighted by molar-refractivity contribution is 5.29. The second-order valence-electron chi connectivity index (χ2n) is 3.81. The lowest BCUT2D eigenvalue weighted by Crippen LogP contribution is -2.21. The molecule has 0 radical (unpaired) electrons. The van der Waals surface area contributed by atoms with Crippen molar-refractivity contribution in [1.29, 1.82) is 0 Å². The predicted octanol–water partition coefficient (Wildman–Crippen LogP) is 0.645. The number of nitrogens with zero attached hydrogens (tertiary/aromatic N) is 2. The number of halogens is 1. The average Bonchev–Trinajstić information content (AvgIpc) is 2.15. The molecule has 0 aliphatic rings. The van der Waals surface area contributed by atoms with Crippen LogP contribution >= 0.6 is 0 Å². The van der Waals surface area contributed by atoms with E-state index in [9.17, 15) is 14.0 Å². The van der Waals surface area contributed by atoms with Gasteiger partial charge in [-0.15, -0.1) is 0 Å². The lowest BCUT2D eigenvalue weighted by atomic mass is 10.1. The molecule has 0 aliphatic heterocycles. The van der Waals surface area contributed by atoms with Gasteiger partial charge in [0.2, 0.25) is 11.7 Å². The third-order valence-electron chi connectivity index (χ3n) is 2.29. The van der Waals surface area contributed by atoms with Crippen LogP contribution in [0.1, 0.15) is 25.3 Å². The zero-order valence-electron chi connectivity index (χ0n) is 8.82. The highest BCUT2D eigenvalue weighted by Gasteiger charge is 2.10.